The van der Waals surface area contributed by atoms with Crippen LogP contribution in [0.25, 0.3) is 0 Å². The van der Waals surface area contributed by atoms with E-state index in [-0.39, 0.29) is 45.3 Å². The highest BCUT2D eigenvalue weighted by Crippen LogP contribution is 2.65. The van der Waals surface area contributed by atoms with Crippen molar-refractivity contribution in [1.82, 2.24) is 0 Å². The van der Waals surface area contributed by atoms with Gasteiger partial charge in [0, 0.05) is 0 Å². The van der Waals surface area contributed by atoms with Gasteiger partial charge in [-0.1, -0.05) is 180 Å². The van der Waals surface area contributed by atoms with Gasteiger partial charge in [0.05, 0.1) is 11.2 Å². The van der Waals surface area contributed by atoms with E-state index >= 15 is 0 Å². The maximum atomic E-state index is 13.4. The molecular weight excluding hydrogens is 621 g/mol. The summed E-state index contributed by atoms with van der Waals surface area (Å²) in [7, 11) is 0. The number of hydrogen-bond acceptors (Lipinski definition) is 2. The summed E-state index contributed by atoms with van der Waals surface area (Å²) < 4.78 is 0. The minimum atomic E-state index is -1.06. The first-order chi connectivity index (χ1) is 23.5. The maximum Gasteiger partial charge on any atom is 0.0936 e. The first-order valence-corrected chi connectivity index (χ1v) is 19.4. The van der Waals surface area contributed by atoms with Crippen LogP contribution < -0.4 is 0 Å². The lowest BCUT2D eigenvalue weighted by molar-refractivity contribution is -0.174. The summed E-state index contributed by atoms with van der Waals surface area (Å²) >= 11 is 0. The minimum Gasteiger partial charge on any atom is -0.385 e. The van der Waals surface area contributed by atoms with E-state index < -0.39 is 11.2 Å². The molecule has 6 rings (SSSR count). The second-order valence-electron chi connectivity index (χ2n) is 20.3. The SMILES string of the molecule is CC(C)(C)c1ccc([C@@H]2CC(O)(c3ccc(C(C)(C)C)cc3)[C@@H]3C[C@H]2C(O)(c2ccc(C(C)(C)C)cc2)C[C@H]3c2ccc(C(C)(C)C)cc2)cc1. The lowest BCUT2D eigenvalue weighted by Gasteiger charge is -2.59. The molecule has 2 fully saturated rings. The Labute approximate surface area is 309 Å². The molecule has 0 amide bonds. The van der Waals surface area contributed by atoms with E-state index in [1.54, 1.807) is 0 Å². The van der Waals surface area contributed by atoms with E-state index in [0.717, 1.165) is 17.5 Å². The topological polar surface area (TPSA) is 40.5 Å². The Kier molecular flexibility index (Phi) is 9.38. The predicted molar refractivity (Wildman–Crippen MR) is 215 cm³/mol. The first kappa shape index (κ1) is 37.6. The summed E-state index contributed by atoms with van der Waals surface area (Å²) in [4.78, 5) is 0. The van der Waals surface area contributed by atoms with Crippen LogP contribution in [0.4, 0.5) is 0 Å². The largest absolute Gasteiger partial charge is 0.385 e. The number of benzene rings is 4. The van der Waals surface area contributed by atoms with Crippen molar-refractivity contribution in [2.24, 2.45) is 11.8 Å². The van der Waals surface area contributed by atoms with E-state index in [1.807, 2.05) is 0 Å². The molecule has 0 aromatic heterocycles. The Morgan fingerprint density at radius 1 is 0.392 bits per heavy atom. The quantitative estimate of drug-likeness (QED) is 0.225. The molecular formula is C49H64O2. The summed E-state index contributed by atoms with van der Waals surface area (Å²) in [5.41, 5.74) is 7.52. The van der Waals surface area contributed by atoms with Crippen LogP contribution >= 0.6 is 0 Å². The molecule has 2 N–H and O–H groups in total. The van der Waals surface area contributed by atoms with Crippen molar-refractivity contribution in [1.29, 1.82) is 0 Å². The normalized spacial score (nSPS) is 27.3. The van der Waals surface area contributed by atoms with Crippen LogP contribution in [-0.2, 0) is 32.9 Å². The Hall–Kier alpha value is -3.20. The van der Waals surface area contributed by atoms with Crippen LogP contribution in [0.15, 0.2) is 97.1 Å². The van der Waals surface area contributed by atoms with Gasteiger partial charge in [-0.05, 0) is 109 Å². The van der Waals surface area contributed by atoms with Crippen LogP contribution in [0.1, 0.15) is 159 Å². The van der Waals surface area contributed by atoms with Gasteiger partial charge in [0.2, 0.25) is 0 Å². The van der Waals surface area contributed by atoms with E-state index in [4.69, 9.17) is 0 Å². The molecule has 2 aliphatic rings. The van der Waals surface area contributed by atoms with Gasteiger partial charge in [0.1, 0.15) is 0 Å². The molecule has 0 radical (unpaired) electrons. The van der Waals surface area contributed by atoms with Crippen LogP contribution in [-0.4, -0.2) is 10.2 Å². The van der Waals surface area contributed by atoms with Gasteiger partial charge >= 0.3 is 0 Å². The zero-order chi connectivity index (χ0) is 37.4. The first-order valence-electron chi connectivity index (χ1n) is 19.4. The fourth-order valence-corrected chi connectivity index (χ4v) is 9.26. The van der Waals surface area contributed by atoms with Crippen molar-refractivity contribution in [3.63, 3.8) is 0 Å². The Bertz CT molecular complexity index is 1670. The summed E-state index contributed by atoms with van der Waals surface area (Å²) in [5, 5.41) is 26.7. The fraction of sp³-hybridized carbons (Fsp3) is 0.510. The lowest BCUT2D eigenvalue weighted by atomic mass is 9.48. The lowest BCUT2D eigenvalue weighted by Crippen LogP contribution is -2.56. The molecule has 51 heavy (non-hydrogen) atoms. The van der Waals surface area contributed by atoms with Crippen LogP contribution in [0.2, 0.25) is 0 Å². The zero-order valence-electron chi connectivity index (χ0n) is 33.6. The molecule has 0 heterocycles. The van der Waals surface area contributed by atoms with Gasteiger partial charge in [0.25, 0.3) is 0 Å². The molecule has 2 heteroatoms. The van der Waals surface area contributed by atoms with Gasteiger partial charge < -0.3 is 10.2 Å². The second kappa shape index (κ2) is 12.7. The van der Waals surface area contributed by atoms with Crippen molar-refractivity contribution >= 4 is 0 Å². The molecule has 2 bridgehead atoms. The highest BCUT2D eigenvalue weighted by atomic mass is 16.3. The monoisotopic (exact) mass is 684 g/mol. The smallest absolute Gasteiger partial charge is 0.0936 e. The van der Waals surface area contributed by atoms with E-state index in [1.165, 1.54) is 33.4 Å². The third-order valence-electron chi connectivity index (χ3n) is 12.7. The molecule has 0 saturated heterocycles. The fourth-order valence-electron chi connectivity index (χ4n) is 9.26. The minimum absolute atomic E-state index is 0.0251. The standard InChI is InChI=1S/C49H64O2/c1-44(2,3)34-17-13-32(14-18-34)40-30-48(50,38-25-21-36(22-26-38)46(7,8)9)43-29-42(40)49(51,39-27-23-37(24-28-39)47(10,11)12)31-41(43)33-15-19-35(20-16-33)45(4,5)6/h13-28,40-43,50-51H,29-31H2,1-12H3/t40-,41-,42+,43+,48?,49?/m0/s1. The highest BCUT2D eigenvalue weighted by molar-refractivity contribution is 5.42. The number of fused-ring (bicyclic) bond motifs is 2. The van der Waals surface area contributed by atoms with Crippen LogP contribution in [0, 0.1) is 11.8 Å². The van der Waals surface area contributed by atoms with Crippen molar-refractivity contribution in [3.8, 4) is 0 Å². The van der Waals surface area contributed by atoms with Gasteiger partial charge in [0.15, 0.2) is 0 Å². The second-order valence-corrected chi connectivity index (χ2v) is 20.3. The molecule has 4 aromatic carbocycles. The third-order valence-corrected chi connectivity index (χ3v) is 12.7. The average Bonchev–Trinajstić information content (AvgIpc) is 3.06. The van der Waals surface area contributed by atoms with Crippen LogP contribution in [0.3, 0.4) is 0 Å². The number of rotatable bonds is 4. The van der Waals surface area contributed by atoms with E-state index in [2.05, 4.69) is 180 Å². The van der Waals surface area contributed by atoms with Crippen molar-refractivity contribution in [2.75, 3.05) is 0 Å². The Morgan fingerprint density at radius 2 is 0.627 bits per heavy atom. The molecule has 2 unspecified atom stereocenters. The third kappa shape index (κ3) is 7.13. The Morgan fingerprint density at radius 3 is 0.863 bits per heavy atom. The summed E-state index contributed by atoms with van der Waals surface area (Å²) in [6.45, 7) is 27.0. The molecule has 2 nitrogen and oxygen atoms in total. The van der Waals surface area contributed by atoms with Gasteiger partial charge in [-0.2, -0.15) is 0 Å². The number of aliphatic hydroxyl groups is 2. The molecule has 2 saturated carbocycles. The van der Waals surface area contributed by atoms with Crippen LogP contribution in [0.5, 0.6) is 0 Å². The molecule has 4 aromatic rings. The Balaban J connectivity index is 1.53. The summed E-state index contributed by atoms with van der Waals surface area (Å²) in [6.07, 6.45) is 1.85. The molecule has 2 aliphatic carbocycles. The molecule has 0 aliphatic heterocycles. The van der Waals surface area contributed by atoms with Crippen molar-refractivity contribution in [2.45, 2.75) is 147 Å². The highest BCUT2D eigenvalue weighted by Gasteiger charge is 2.61. The average molecular weight is 685 g/mol. The molecule has 6 atom stereocenters. The molecule has 0 spiro atoms. The van der Waals surface area contributed by atoms with Crippen molar-refractivity contribution < 1.29 is 10.2 Å². The maximum absolute atomic E-state index is 13.4. The van der Waals surface area contributed by atoms with E-state index in [0.29, 0.717) is 12.8 Å². The number of hydrogen-bond donors (Lipinski definition) is 2. The van der Waals surface area contributed by atoms with Gasteiger partial charge in [-0.25, -0.2) is 0 Å². The van der Waals surface area contributed by atoms with Gasteiger partial charge in [-0.15, -0.1) is 0 Å². The van der Waals surface area contributed by atoms with E-state index in [9.17, 15) is 10.2 Å². The molecule has 272 valence electrons. The van der Waals surface area contributed by atoms with Gasteiger partial charge in [-0.3, -0.25) is 0 Å². The summed E-state index contributed by atoms with van der Waals surface area (Å²) in [6, 6.07) is 35.8. The predicted octanol–water partition coefficient (Wildman–Crippen LogP) is 11.9. The summed E-state index contributed by atoms with van der Waals surface area (Å²) in [5.74, 6) is -0.163. The van der Waals surface area contributed by atoms with Crippen molar-refractivity contribution in [3.05, 3.63) is 142 Å². The zero-order valence-corrected chi connectivity index (χ0v) is 33.6.